The second kappa shape index (κ2) is 21.2. The first-order valence-corrected chi connectivity index (χ1v) is 26.2. The van der Waals surface area contributed by atoms with E-state index in [2.05, 4.69) is 113 Å². The first kappa shape index (κ1) is 47.1. The highest BCUT2D eigenvalue weighted by atomic mass is 16.7. The topological polar surface area (TPSA) is 55.4 Å². The van der Waals surface area contributed by atoms with E-state index in [4.69, 9.17) is 28.4 Å². The maximum atomic E-state index is 6.98. The lowest BCUT2D eigenvalue weighted by Crippen LogP contribution is -2.23. The average Bonchev–Trinajstić information content (AvgIpc) is 3.36. The predicted octanol–water partition coefficient (Wildman–Crippen LogP) is 15.1. The Bertz CT molecular complexity index is 2560. The van der Waals surface area contributed by atoms with Crippen LogP contribution in [0.5, 0.6) is 23.0 Å². The van der Waals surface area contributed by atoms with Gasteiger partial charge in [-0.15, -0.1) is 0 Å². The molecule has 360 valence electrons. The van der Waals surface area contributed by atoms with Crippen molar-refractivity contribution in [2.45, 2.75) is 149 Å². The SMILES string of the molecule is COCOc1c(-c2ccccc2OC(C)CC(C)Oc2ccccc2-c2cc(C)cc(-c3c4c(cc5c3CCCC5)CCCC4)c2OCOC)cc(C)cc1-c1c2c(cc3c1CCCC3)CCCC2. The maximum absolute atomic E-state index is 6.98. The maximum Gasteiger partial charge on any atom is 0.188 e. The quantitative estimate of drug-likeness (QED) is 0.0902. The van der Waals surface area contributed by atoms with Gasteiger partial charge in [0.05, 0.1) is 12.2 Å². The van der Waals surface area contributed by atoms with E-state index in [0.29, 0.717) is 6.42 Å². The molecule has 0 aliphatic heterocycles. The Morgan fingerprint density at radius 3 is 1.10 bits per heavy atom. The Balaban J connectivity index is 0.959. The largest absolute Gasteiger partial charge is 0.490 e. The van der Waals surface area contributed by atoms with E-state index in [1.165, 1.54) is 129 Å². The number of methoxy groups -OCH3 is 2. The van der Waals surface area contributed by atoms with Gasteiger partial charge in [0, 0.05) is 54.0 Å². The van der Waals surface area contributed by atoms with Crippen LogP contribution in [0.25, 0.3) is 44.5 Å². The molecule has 6 aromatic carbocycles. The Morgan fingerprint density at radius 2 is 0.739 bits per heavy atom. The molecule has 4 aliphatic rings. The minimum absolute atomic E-state index is 0.157. The number of ether oxygens (including phenoxy) is 6. The summed E-state index contributed by atoms with van der Waals surface area (Å²) in [6.07, 6.45) is 19.3. The van der Waals surface area contributed by atoms with E-state index in [1.54, 1.807) is 14.2 Å². The Hall–Kier alpha value is -5.56. The Morgan fingerprint density at radius 1 is 0.406 bits per heavy atom. The van der Waals surface area contributed by atoms with E-state index in [0.717, 1.165) is 96.6 Å². The number of fused-ring (bicyclic) bond motifs is 4. The molecule has 0 fully saturated rings. The van der Waals surface area contributed by atoms with Gasteiger partial charge in [-0.05, 0) is 234 Å². The zero-order valence-electron chi connectivity index (χ0n) is 42.1. The summed E-state index contributed by atoms with van der Waals surface area (Å²) in [6.45, 7) is 9.06. The van der Waals surface area contributed by atoms with Crippen molar-refractivity contribution in [2.24, 2.45) is 0 Å². The molecule has 0 heterocycles. The van der Waals surface area contributed by atoms with Crippen molar-refractivity contribution in [3.05, 3.63) is 141 Å². The number of aryl methyl sites for hydroxylation is 6. The van der Waals surface area contributed by atoms with E-state index in [1.807, 2.05) is 0 Å². The minimum Gasteiger partial charge on any atom is -0.490 e. The lowest BCUT2D eigenvalue weighted by molar-refractivity contribution is 0.0517. The van der Waals surface area contributed by atoms with E-state index >= 15 is 0 Å². The van der Waals surface area contributed by atoms with Crippen molar-refractivity contribution >= 4 is 0 Å². The fourth-order valence-electron chi connectivity index (χ4n) is 12.4. The van der Waals surface area contributed by atoms with Gasteiger partial charge in [0.15, 0.2) is 13.6 Å². The second-order valence-electron chi connectivity index (χ2n) is 20.4. The second-order valence-corrected chi connectivity index (χ2v) is 20.4. The molecule has 6 nitrogen and oxygen atoms in total. The zero-order valence-corrected chi connectivity index (χ0v) is 42.1. The molecule has 0 bridgehead atoms. The number of hydrogen-bond donors (Lipinski definition) is 0. The van der Waals surface area contributed by atoms with Crippen molar-refractivity contribution in [2.75, 3.05) is 27.8 Å². The smallest absolute Gasteiger partial charge is 0.188 e. The van der Waals surface area contributed by atoms with Gasteiger partial charge >= 0.3 is 0 Å². The summed E-state index contributed by atoms with van der Waals surface area (Å²) in [4.78, 5) is 0. The normalized spacial score (nSPS) is 16.1. The first-order valence-electron chi connectivity index (χ1n) is 26.2. The molecule has 10 rings (SSSR count). The summed E-state index contributed by atoms with van der Waals surface area (Å²) in [5.74, 6) is 3.38. The minimum atomic E-state index is -0.157. The molecule has 0 saturated heterocycles. The third-order valence-electron chi connectivity index (χ3n) is 15.3. The predicted molar refractivity (Wildman–Crippen MR) is 280 cm³/mol. The molecule has 0 amide bonds. The van der Waals surface area contributed by atoms with Crippen molar-refractivity contribution in [1.29, 1.82) is 0 Å². The lowest BCUT2D eigenvalue weighted by atomic mass is 9.76. The van der Waals surface area contributed by atoms with Gasteiger partial charge in [0.1, 0.15) is 23.0 Å². The van der Waals surface area contributed by atoms with Crippen LogP contribution in [0, 0.1) is 13.8 Å². The monoisotopic (exact) mass is 925 g/mol. The van der Waals surface area contributed by atoms with Crippen LogP contribution in [-0.2, 0) is 60.8 Å². The van der Waals surface area contributed by atoms with Crippen LogP contribution in [0.4, 0.5) is 0 Å². The molecule has 0 aromatic heterocycles. The zero-order chi connectivity index (χ0) is 47.4. The molecule has 2 unspecified atom stereocenters. The van der Waals surface area contributed by atoms with Gasteiger partial charge < -0.3 is 28.4 Å². The van der Waals surface area contributed by atoms with Crippen molar-refractivity contribution in [1.82, 2.24) is 0 Å². The van der Waals surface area contributed by atoms with Gasteiger partial charge in [-0.3, -0.25) is 0 Å². The van der Waals surface area contributed by atoms with Gasteiger partial charge in [-0.2, -0.15) is 0 Å². The number of hydrogen-bond acceptors (Lipinski definition) is 6. The summed E-state index contributed by atoms with van der Waals surface area (Å²) < 4.78 is 38.6. The van der Waals surface area contributed by atoms with Crippen LogP contribution >= 0.6 is 0 Å². The van der Waals surface area contributed by atoms with Gasteiger partial charge in [-0.1, -0.05) is 48.5 Å². The van der Waals surface area contributed by atoms with E-state index in [9.17, 15) is 0 Å². The lowest BCUT2D eigenvalue weighted by Gasteiger charge is -2.29. The summed E-state index contributed by atoms with van der Waals surface area (Å²) in [6, 6.07) is 31.2. The average molecular weight is 925 g/mol. The summed E-state index contributed by atoms with van der Waals surface area (Å²) in [5, 5.41) is 0. The van der Waals surface area contributed by atoms with Crippen LogP contribution in [0.15, 0.2) is 84.9 Å². The molecular weight excluding hydrogens is 853 g/mol. The standard InChI is InChI=1S/C63H72O6/c1-40-31-54(62(66-38-64-5)56(33-40)60-48-23-11-7-19-44(48)36-45-20-8-12-24-49(45)60)52-27-15-17-29-58(52)68-42(3)35-43(4)69-59-30-18-16-28-53(59)55-32-41(2)34-57(63(55)67-39-65-6)61-50-25-13-9-21-46(50)37-47-22-10-14-26-51(47)61/h15-18,27-34,36-37,42-43H,7-14,19-26,35,38-39H2,1-6H3. The molecule has 2 atom stereocenters. The van der Waals surface area contributed by atoms with Crippen LogP contribution in [0.1, 0.15) is 127 Å². The molecule has 4 aliphatic carbocycles. The third-order valence-corrected chi connectivity index (χ3v) is 15.3. The molecule has 0 saturated carbocycles. The Kier molecular flexibility index (Phi) is 14.5. The molecular formula is C63H72O6. The fourth-order valence-corrected chi connectivity index (χ4v) is 12.4. The molecule has 69 heavy (non-hydrogen) atoms. The summed E-state index contributed by atoms with van der Waals surface area (Å²) in [7, 11) is 3.41. The summed E-state index contributed by atoms with van der Waals surface area (Å²) >= 11 is 0. The molecule has 0 radical (unpaired) electrons. The number of para-hydroxylation sites is 2. The number of rotatable bonds is 16. The molecule has 0 N–H and O–H groups in total. The van der Waals surface area contributed by atoms with Crippen LogP contribution < -0.4 is 18.9 Å². The third kappa shape index (κ3) is 9.82. The van der Waals surface area contributed by atoms with E-state index in [-0.39, 0.29) is 25.8 Å². The first-order chi connectivity index (χ1) is 33.8. The molecule has 6 heteroatoms. The van der Waals surface area contributed by atoms with Crippen LogP contribution in [0.2, 0.25) is 0 Å². The van der Waals surface area contributed by atoms with E-state index < -0.39 is 0 Å². The Labute approximate surface area is 411 Å². The fraction of sp³-hybridized carbons (Fsp3) is 0.429. The van der Waals surface area contributed by atoms with Crippen molar-refractivity contribution < 1.29 is 28.4 Å². The highest BCUT2D eigenvalue weighted by Gasteiger charge is 2.30. The van der Waals surface area contributed by atoms with Gasteiger partial charge in [-0.25, -0.2) is 0 Å². The highest BCUT2D eigenvalue weighted by molar-refractivity contribution is 5.90. The summed E-state index contributed by atoms with van der Waals surface area (Å²) in [5.41, 5.74) is 23.9. The van der Waals surface area contributed by atoms with Gasteiger partial charge in [0.2, 0.25) is 0 Å². The molecule has 0 spiro atoms. The number of benzene rings is 6. The van der Waals surface area contributed by atoms with Crippen LogP contribution in [-0.4, -0.2) is 40.0 Å². The van der Waals surface area contributed by atoms with Crippen molar-refractivity contribution in [3.63, 3.8) is 0 Å². The van der Waals surface area contributed by atoms with Crippen molar-refractivity contribution in [3.8, 4) is 67.5 Å². The van der Waals surface area contributed by atoms with Crippen LogP contribution in [0.3, 0.4) is 0 Å². The molecule has 6 aromatic rings. The van der Waals surface area contributed by atoms with Gasteiger partial charge in [0.25, 0.3) is 0 Å². The highest BCUT2D eigenvalue weighted by Crippen LogP contribution is 2.50.